The predicted octanol–water partition coefficient (Wildman–Crippen LogP) is 5.52. The van der Waals surface area contributed by atoms with Gasteiger partial charge >= 0.3 is 0 Å². The van der Waals surface area contributed by atoms with Crippen molar-refractivity contribution in [2.75, 3.05) is 35.8 Å². The van der Waals surface area contributed by atoms with E-state index in [0.717, 1.165) is 6.42 Å². The lowest BCUT2D eigenvalue weighted by Gasteiger charge is -2.39. The van der Waals surface area contributed by atoms with Gasteiger partial charge in [-0.3, -0.25) is 0 Å². The van der Waals surface area contributed by atoms with Gasteiger partial charge in [-0.15, -0.1) is 0 Å². The summed E-state index contributed by atoms with van der Waals surface area (Å²) in [5.41, 5.74) is 11.7. The van der Waals surface area contributed by atoms with Crippen LogP contribution in [0, 0.1) is 6.92 Å². The molecule has 2 aliphatic heterocycles. The second kappa shape index (κ2) is 5.28. The van der Waals surface area contributed by atoms with Gasteiger partial charge in [0.05, 0.1) is 22.7 Å². The molecule has 0 bridgehead atoms. The molecule has 0 N–H and O–H groups in total. The first kappa shape index (κ1) is 15.3. The van der Waals surface area contributed by atoms with Crippen LogP contribution in [0.5, 0.6) is 0 Å². The van der Waals surface area contributed by atoms with Gasteiger partial charge in [0.1, 0.15) is 0 Å². The molecule has 0 saturated carbocycles. The van der Waals surface area contributed by atoms with Crippen molar-refractivity contribution in [2.24, 2.45) is 0 Å². The smallest absolute Gasteiger partial charge is 0.0671 e. The molecule has 2 aliphatic rings. The zero-order valence-corrected chi connectivity index (χ0v) is 15.7. The molecule has 3 nitrogen and oxygen atoms in total. The van der Waals surface area contributed by atoms with E-state index in [9.17, 15) is 0 Å². The summed E-state index contributed by atoms with van der Waals surface area (Å²) < 4.78 is 0. The van der Waals surface area contributed by atoms with E-state index in [4.69, 9.17) is 0 Å². The number of anilines is 6. The number of nitrogens with zero attached hydrogens (tertiary/aromatic N) is 3. The third-order valence-corrected chi connectivity index (χ3v) is 5.85. The first-order chi connectivity index (χ1) is 12.5. The molecule has 3 aromatic rings. The van der Waals surface area contributed by atoms with Gasteiger partial charge in [-0.05, 0) is 53.9 Å². The standard InChI is InChI=1S/C23H23N3/c1-15-9-10-19-21(11-15)26(4)22-13-17-12-16-7-5-6-8-18(16)24(2)20(17)14-23(22)25(19)3/h5-11,13-14H,12H2,1-4H3. The number of hydrogen-bond acceptors (Lipinski definition) is 3. The molecular formula is C23H23N3. The van der Waals surface area contributed by atoms with Gasteiger partial charge in [0.15, 0.2) is 0 Å². The molecule has 0 aliphatic carbocycles. The van der Waals surface area contributed by atoms with Crippen LogP contribution in [-0.2, 0) is 6.42 Å². The van der Waals surface area contributed by atoms with Crippen LogP contribution >= 0.6 is 0 Å². The summed E-state index contributed by atoms with van der Waals surface area (Å²) in [6.45, 7) is 2.16. The van der Waals surface area contributed by atoms with Crippen molar-refractivity contribution >= 4 is 34.1 Å². The molecule has 3 aromatic carbocycles. The first-order valence-corrected chi connectivity index (χ1v) is 9.11. The van der Waals surface area contributed by atoms with Gasteiger partial charge in [0.25, 0.3) is 0 Å². The summed E-state index contributed by atoms with van der Waals surface area (Å²) in [7, 11) is 6.52. The van der Waals surface area contributed by atoms with E-state index in [1.165, 1.54) is 50.8 Å². The van der Waals surface area contributed by atoms with E-state index in [0.29, 0.717) is 0 Å². The summed E-state index contributed by atoms with van der Waals surface area (Å²) in [5.74, 6) is 0. The molecule has 130 valence electrons. The Hall–Kier alpha value is -2.94. The van der Waals surface area contributed by atoms with E-state index >= 15 is 0 Å². The topological polar surface area (TPSA) is 9.72 Å². The molecule has 0 fully saturated rings. The quantitative estimate of drug-likeness (QED) is 0.533. The van der Waals surface area contributed by atoms with Gasteiger partial charge in [-0.2, -0.15) is 0 Å². The molecule has 0 saturated heterocycles. The predicted molar refractivity (Wildman–Crippen MR) is 111 cm³/mol. The van der Waals surface area contributed by atoms with Crippen molar-refractivity contribution in [1.29, 1.82) is 0 Å². The van der Waals surface area contributed by atoms with Crippen molar-refractivity contribution in [1.82, 2.24) is 0 Å². The number of aryl methyl sites for hydroxylation is 1. The molecule has 0 radical (unpaired) electrons. The number of benzene rings is 3. The first-order valence-electron chi connectivity index (χ1n) is 9.11. The van der Waals surface area contributed by atoms with Crippen molar-refractivity contribution in [3.63, 3.8) is 0 Å². The highest BCUT2D eigenvalue weighted by Gasteiger charge is 2.28. The SMILES string of the molecule is Cc1ccc2c(c1)N(C)c1cc3c(cc1N2C)N(C)c1ccccc1C3. The fraction of sp³-hybridized carbons (Fsp3) is 0.217. The molecule has 0 amide bonds. The van der Waals surface area contributed by atoms with Crippen LogP contribution in [0.4, 0.5) is 34.1 Å². The molecule has 0 atom stereocenters. The fourth-order valence-corrected chi connectivity index (χ4v) is 4.37. The monoisotopic (exact) mass is 341 g/mol. The highest BCUT2D eigenvalue weighted by Crippen LogP contribution is 2.50. The van der Waals surface area contributed by atoms with Crippen LogP contribution in [0.15, 0.2) is 54.6 Å². The van der Waals surface area contributed by atoms with Crippen molar-refractivity contribution in [3.05, 3.63) is 71.3 Å². The van der Waals surface area contributed by atoms with Crippen LogP contribution in [0.25, 0.3) is 0 Å². The summed E-state index contributed by atoms with van der Waals surface area (Å²) in [6.07, 6.45) is 0.987. The normalized spacial score (nSPS) is 14.5. The summed E-state index contributed by atoms with van der Waals surface area (Å²) >= 11 is 0. The van der Waals surface area contributed by atoms with Crippen LogP contribution in [0.3, 0.4) is 0 Å². The third kappa shape index (κ3) is 2.00. The summed E-state index contributed by atoms with van der Waals surface area (Å²) in [6, 6.07) is 20.1. The zero-order valence-electron chi connectivity index (χ0n) is 15.7. The van der Waals surface area contributed by atoms with E-state index in [1.54, 1.807) is 0 Å². The Morgan fingerprint density at radius 1 is 0.577 bits per heavy atom. The number of fused-ring (bicyclic) bond motifs is 4. The molecule has 2 heterocycles. The number of rotatable bonds is 0. The Labute approximate surface area is 155 Å². The Kier molecular flexibility index (Phi) is 3.11. The highest BCUT2D eigenvalue weighted by atomic mass is 15.2. The minimum atomic E-state index is 0.987. The summed E-state index contributed by atoms with van der Waals surface area (Å²) in [5, 5.41) is 0. The van der Waals surface area contributed by atoms with Crippen molar-refractivity contribution in [2.45, 2.75) is 13.3 Å². The third-order valence-electron chi connectivity index (χ3n) is 5.85. The lowest BCUT2D eigenvalue weighted by atomic mass is 9.93. The Morgan fingerprint density at radius 2 is 1.23 bits per heavy atom. The van der Waals surface area contributed by atoms with Crippen LogP contribution in [-0.4, -0.2) is 21.1 Å². The van der Waals surface area contributed by atoms with Crippen LogP contribution < -0.4 is 14.7 Å². The molecule has 0 spiro atoms. The number of para-hydroxylation sites is 1. The van der Waals surface area contributed by atoms with Crippen LogP contribution in [0.2, 0.25) is 0 Å². The van der Waals surface area contributed by atoms with E-state index < -0.39 is 0 Å². The highest BCUT2D eigenvalue weighted by molar-refractivity contribution is 5.95. The van der Waals surface area contributed by atoms with Gasteiger partial charge < -0.3 is 14.7 Å². The Bertz CT molecular complexity index is 1040. The van der Waals surface area contributed by atoms with Crippen LogP contribution in [0.1, 0.15) is 16.7 Å². The zero-order chi connectivity index (χ0) is 18.0. The second-order valence-corrected chi connectivity index (χ2v) is 7.44. The van der Waals surface area contributed by atoms with E-state index in [1.807, 2.05) is 0 Å². The molecule has 26 heavy (non-hydrogen) atoms. The largest absolute Gasteiger partial charge is 0.344 e. The average Bonchev–Trinajstić information content (AvgIpc) is 2.65. The van der Waals surface area contributed by atoms with E-state index in [2.05, 4.69) is 97.4 Å². The van der Waals surface area contributed by atoms with Gasteiger partial charge in [0, 0.05) is 38.9 Å². The fourth-order valence-electron chi connectivity index (χ4n) is 4.37. The lowest BCUT2D eigenvalue weighted by molar-refractivity contribution is 1.03. The molecule has 3 heteroatoms. The summed E-state index contributed by atoms with van der Waals surface area (Å²) in [4.78, 5) is 6.98. The Balaban J connectivity index is 1.69. The molecule has 0 aromatic heterocycles. The maximum atomic E-state index is 2.37. The maximum absolute atomic E-state index is 2.37. The van der Waals surface area contributed by atoms with Gasteiger partial charge in [0.2, 0.25) is 0 Å². The maximum Gasteiger partial charge on any atom is 0.0671 e. The Morgan fingerprint density at radius 3 is 2.08 bits per heavy atom. The van der Waals surface area contributed by atoms with Crippen molar-refractivity contribution in [3.8, 4) is 0 Å². The second-order valence-electron chi connectivity index (χ2n) is 7.44. The van der Waals surface area contributed by atoms with Gasteiger partial charge in [-0.1, -0.05) is 24.3 Å². The minimum absolute atomic E-state index is 0.987. The average molecular weight is 341 g/mol. The molecule has 0 unspecified atom stereocenters. The van der Waals surface area contributed by atoms with Crippen molar-refractivity contribution < 1.29 is 0 Å². The lowest BCUT2D eigenvalue weighted by Crippen LogP contribution is -2.26. The minimum Gasteiger partial charge on any atom is -0.344 e. The number of hydrogen-bond donors (Lipinski definition) is 0. The molecular weight excluding hydrogens is 318 g/mol. The van der Waals surface area contributed by atoms with E-state index in [-0.39, 0.29) is 0 Å². The molecule has 5 rings (SSSR count). The van der Waals surface area contributed by atoms with Gasteiger partial charge in [-0.25, -0.2) is 0 Å².